The standard InChI is InChI=1S/C20H20N2O2/c23-20(22-14-18-10-6-12-24-18)15-21-19-11-5-4-9-17(19)13-16-7-2-1-3-8-16/h1-12,21H,13-15H2,(H,22,23). The van der Waals surface area contributed by atoms with E-state index in [1.807, 2.05) is 42.5 Å². The van der Waals surface area contributed by atoms with Crippen LogP contribution < -0.4 is 10.6 Å². The van der Waals surface area contributed by atoms with Crippen LogP contribution in [0.2, 0.25) is 0 Å². The molecule has 24 heavy (non-hydrogen) atoms. The lowest BCUT2D eigenvalue weighted by atomic mass is 10.0. The molecular formula is C20H20N2O2. The minimum Gasteiger partial charge on any atom is -0.467 e. The van der Waals surface area contributed by atoms with Crippen molar-refractivity contribution in [1.29, 1.82) is 0 Å². The van der Waals surface area contributed by atoms with Crippen molar-refractivity contribution in [3.63, 3.8) is 0 Å². The van der Waals surface area contributed by atoms with Gasteiger partial charge in [0.05, 0.1) is 19.4 Å². The molecule has 0 aliphatic rings. The highest BCUT2D eigenvalue weighted by molar-refractivity contribution is 5.80. The van der Waals surface area contributed by atoms with Crippen molar-refractivity contribution in [1.82, 2.24) is 5.32 Å². The summed E-state index contributed by atoms with van der Waals surface area (Å²) in [7, 11) is 0. The summed E-state index contributed by atoms with van der Waals surface area (Å²) in [6.45, 7) is 0.631. The number of hydrogen-bond donors (Lipinski definition) is 2. The van der Waals surface area contributed by atoms with Gasteiger partial charge in [0, 0.05) is 5.69 Å². The lowest BCUT2D eigenvalue weighted by molar-refractivity contribution is -0.119. The molecule has 122 valence electrons. The van der Waals surface area contributed by atoms with Crippen LogP contribution in [0.4, 0.5) is 5.69 Å². The Morgan fingerprint density at radius 1 is 0.917 bits per heavy atom. The monoisotopic (exact) mass is 320 g/mol. The van der Waals surface area contributed by atoms with Crippen molar-refractivity contribution in [3.05, 3.63) is 89.9 Å². The molecule has 0 unspecified atom stereocenters. The number of carbonyl (C=O) groups excluding carboxylic acids is 1. The number of carbonyl (C=O) groups is 1. The van der Waals surface area contributed by atoms with Crippen molar-refractivity contribution in [2.24, 2.45) is 0 Å². The molecule has 0 saturated carbocycles. The van der Waals surface area contributed by atoms with Crippen molar-refractivity contribution in [2.45, 2.75) is 13.0 Å². The Kier molecular flexibility index (Phi) is 5.30. The van der Waals surface area contributed by atoms with Gasteiger partial charge in [-0.1, -0.05) is 48.5 Å². The van der Waals surface area contributed by atoms with Crippen LogP contribution in [0.1, 0.15) is 16.9 Å². The Balaban J connectivity index is 1.56. The Morgan fingerprint density at radius 2 is 1.71 bits per heavy atom. The molecule has 0 atom stereocenters. The first-order valence-corrected chi connectivity index (χ1v) is 7.96. The highest BCUT2D eigenvalue weighted by Gasteiger charge is 2.06. The Morgan fingerprint density at radius 3 is 2.50 bits per heavy atom. The molecule has 0 fully saturated rings. The zero-order valence-corrected chi connectivity index (χ0v) is 13.4. The SMILES string of the molecule is O=C(CNc1ccccc1Cc1ccccc1)NCc1ccco1. The van der Waals surface area contributed by atoms with Crippen LogP contribution in [0.5, 0.6) is 0 Å². The molecule has 0 radical (unpaired) electrons. The Hall–Kier alpha value is -3.01. The van der Waals surface area contributed by atoms with Crippen molar-refractivity contribution >= 4 is 11.6 Å². The lowest BCUT2D eigenvalue weighted by Gasteiger charge is -2.12. The first-order chi connectivity index (χ1) is 11.8. The molecule has 1 heterocycles. The second-order valence-electron chi connectivity index (χ2n) is 5.53. The average Bonchev–Trinajstić information content (AvgIpc) is 3.14. The molecule has 0 aliphatic carbocycles. The van der Waals surface area contributed by atoms with E-state index in [-0.39, 0.29) is 12.5 Å². The van der Waals surface area contributed by atoms with E-state index < -0.39 is 0 Å². The van der Waals surface area contributed by atoms with E-state index in [0.29, 0.717) is 6.54 Å². The molecule has 4 nitrogen and oxygen atoms in total. The molecule has 4 heteroatoms. The molecule has 1 amide bonds. The van der Waals surface area contributed by atoms with E-state index in [1.165, 1.54) is 11.1 Å². The zero-order chi connectivity index (χ0) is 16.6. The lowest BCUT2D eigenvalue weighted by Crippen LogP contribution is -2.29. The second-order valence-corrected chi connectivity index (χ2v) is 5.53. The van der Waals surface area contributed by atoms with E-state index in [9.17, 15) is 4.79 Å². The van der Waals surface area contributed by atoms with Crippen LogP contribution in [0, 0.1) is 0 Å². The third kappa shape index (κ3) is 4.49. The summed E-state index contributed by atoms with van der Waals surface area (Å²) < 4.78 is 5.20. The normalized spacial score (nSPS) is 10.3. The van der Waals surface area contributed by atoms with Gasteiger partial charge in [0.2, 0.25) is 5.91 Å². The predicted octanol–water partition coefficient (Wildman–Crippen LogP) is 3.60. The number of furan rings is 1. The van der Waals surface area contributed by atoms with Crippen molar-refractivity contribution in [3.8, 4) is 0 Å². The maximum Gasteiger partial charge on any atom is 0.239 e. The van der Waals surface area contributed by atoms with Gasteiger partial charge in [-0.3, -0.25) is 4.79 Å². The fourth-order valence-corrected chi connectivity index (χ4v) is 2.50. The van der Waals surface area contributed by atoms with Crippen LogP contribution >= 0.6 is 0 Å². The van der Waals surface area contributed by atoms with Crippen LogP contribution in [0.25, 0.3) is 0 Å². The van der Waals surface area contributed by atoms with Crippen LogP contribution in [-0.2, 0) is 17.8 Å². The van der Waals surface area contributed by atoms with E-state index >= 15 is 0 Å². The Bertz CT molecular complexity index is 767. The molecule has 1 aromatic heterocycles. The zero-order valence-electron chi connectivity index (χ0n) is 13.4. The smallest absolute Gasteiger partial charge is 0.239 e. The third-order valence-electron chi connectivity index (χ3n) is 3.73. The van der Waals surface area contributed by atoms with Gasteiger partial charge in [-0.05, 0) is 35.7 Å². The van der Waals surface area contributed by atoms with E-state index in [4.69, 9.17) is 4.42 Å². The van der Waals surface area contributed by atoms with Crippen LogP contribution in [-0.4, -0.2) is 12.5 Å². The van der Waals surface area contributed by atoms with Gasteiger partial charge in [0.25, 0.3) is 0 Å². The Labute approximate surface area is 141 Å². The van der Waals surface area contributed by atoms with Crippen molar-refractivity contribution < 1.29 is 9.21 Å². The molecule has 0 spiro atoms. The van der Waals surface area contributed by atoms with Crippen molar-refractivity contribution in [2.75, 3.05) is 11.9 Å². The van der Waals surface area contributed by atoms with Gasteiger partial charge in [0.15, 0.2) is 0 Å². The largest absolute Gasteiger partial charge is 0.467 e. The summed E-state index contributed by atoms with van der Waals surface area (Å²) in [5, 5.41) is 6.05. The summed E-state index contributed by atoms with van der Waals surface area (Å²) in [5.41, 5.74) is 3.39. The maximum atomic E-state index is 12.0. The highest BCUT2D eigenvalue weighted by atomic mass is 16.3. The molecule has 0 saturated heterocycles. The summed E-state index contributed by atoms with van der Waals surface area (Å²) in [6.07, 6.45) is 2.43. The fourth-order valence-electron chi connectivity index (χ4n) is 2.50. The summed E-state index contributed by atoms with van der Waals surface area (Å²) >= 11 is 0. The molecule has 2 N–H and O–H groups in total. The number of amides is 1. The molecule has 2 aromatic carbocycles. The van der Waals surface area contributed by atoms with E-state index in [1.54, 1.807) is 12.3 Å². The summed E-state index contributed by atoms with van der Waals surface area (Å²) in [4.78, 5) is 12.0. The molecule has 0 bridgehead atoms. The fraction of sp³-hybridized carbons (Fsp3) is 0.150. The minimum absolute atomic E-state index is 0.0686. The first-order valence-electron chi connectivity index (χ1n) is 7.96. The topological polar surface area (TPSA) is 54.3 Å². The highest BCUT2D eigenvalue weighted by Crippen LogP contribution is 2.18. The number of para-hydroxylation sites is 1. The van der Waals surface area contributed by atoms with E-state index in [2.05, 4.69) is 28.8 Å². The molecule has 3 aromatic rings. The summed E-state index contributed by atoms with van der Waals surface area (Å²) in [5.74, 6) is 0.675. The average molecular weight is 320 g/mol. The molecule has 0 aliphatic heterocycles. The predicted molar refractivity (Wildman–Crippen MR) is 94.7 cm³/mol. The number of rotatable bonds is 7. The number of benzene rings is 2. The number of anilines is 1. The number of nitrogens with one attached hydrogen (secondary N) is 2. The number of hydrogen-bond acceptors (Lipinski definition) is 3. The van der Waals surface area contributed by atoms with Gasteiger partial charge in [-0.25, -0.2) is 0 Å². The minimum atomic E-state index is -0.0686. The van der Waals surface area contributed by atoms with Gasteiger partial charge in [0.1, 0.15) is 5.76 Å². The first kappa shape index (κ1) is 15.9. The maximum absolute atomic E-state index is 12.0. The third-order valence-corrected chi connectivity index (χ3v) is 3.73. The quantitative estimate of drug-likeness (QED) is 0.699. The van der Waals surface area contributed by atoms with Crippen LogP contribution in [0.3, 0.4) is 0 Å². The van der Waals surface area contributed by atoms with Gasteiger partial charge >= 0.3 is 0 Å². The van der Waals surface area contributed by atoms with E-state index in [0.717, 1.165) is 17.9 Å². The van der Waals surface area contributed by atoms with Gasteiger partial charge in [-0.15, -0.1) is 0 Å². The van der Waals surface area contributed by atoms with Gasteiger partial charge in [-0.2, -0.15) is 0 Å². The summed E-state index contributed by atoms with van der Waals surface area (Å²) in [6, 6.07) is 22.0. The molecular weight excluding hydrogens is 300 g/mol. The molecule has 3 rings (SSSR count). The van der Waals surface area contributed by atoms with Crippen LogP contribution in [0.15, 0.2) is 77.4 Å². The second kappa shape index (κ2) is 8.02. The van der Waals surface area contributed by atoms with Gasteiger partial charge < -0.3 is 15.1 Å².